The highest BCUT2D eigenvalue weighted by molar-refractivity contribution is 6.05. The number of carboxylic acid groups (broad SMARTS) is 2. The van der Waals surface area contributed by atoms with Crippen LogP contribution in [0.15, 0.2) is 54.7 Å². The number of carboxylic acids is 2. The highest BCUT2D eigenvalue weighted by atomic mass is 16.4. The van der Waals surface area contributed by atoms with Gasteiger partial charge in [-0.3, -0.25) is 19.3 Å². The summed E-state index contributed by atoms with van der Waals surface area (Å²) in [5, 5.41) is 22.8. The van der Waals surface area contributed by atoms with Gasteiger partial charge in [0.15, 0.2) is 0 Å². The molecule has 3 aromatic rings. The number of piperidine rings is 1. The first kappa shape index (κ1) is 20.6. The van der Waals surface area contributed by atoms with E-state index in [0.29, 0.717) is 41.7 Å². The van der Waals surface area contributed by atoms with Crippen molar-refractivity contribution in [3.63, 3.8) is 0 Å². The Morgan fingerprint density at radius 2 is 1.87 bits per heavy atom. The number of rotatable bonds is 6. The van der Waals surface area contributed by atoms with Crippen molar-refractivity contribution in [3.05, 3.63) is 65.9 Å². The normalized spacial score (nSPS) is 17.9. The van der Waals surface area contributed by atoms with Gasteiger partial charge in [0.2, 0.25) is 0 Å². The van der Waals surface area contributed by atoms with Crippen LogP contribution in [-0.2, 0) is 9.59 Å². The van der Waals surface area contributed by atoms with Crippen molar-refractivity contribution >= 4 is 34.4 Å². The first-order chi connectivity index (χ1) is 14.9. The number of likely N-dealkylation sites (tertiary alicyclic amines) is 1. The molecule has 1 fully saturated rings. The highest BCUT2D eigenvalue weighted by Gasteiger charge is 2.35. The average molecular weight is 421 g/mol. The summed E-state index contributed by atoms with van der Waals surface area (Å²) in [6.07, 6.45) is 2.84. The van der Waals surface area contributed by atoms with Crippen molar-refractivity contribution in [1.82, 2.24) is 9.88 Å². The van der Waals surface area contributed by atoms with Gasteiger partial charge in [-0.25, -0.2) is 0 Å². The molecular weight excluding hydrogens is 398 g/mol. The molecule has 1 aliphatic rings. The summed E-state index contributed by atoms with van der Waals surface area (Å²) in [6, 6.07) is 13.2. The zero-order valence-corrected chi connectivity index (χ0v) is 16.7. The van der Waals surface area contributed by atoms with Crippen molar-refractivity contribution < 1.29 is 24.6 Å². The van der Waals surface area contributed by atoms with E-state index >= 15 is 0 Å². The molecule has 1 saturated heterocycles. The van der Waals surface area contributed by atoms with Gasteiger partial charge in [-0.15, -0.1) is 0 Å². The molecule has 8 heteroatoms. The summed E-state index contributed by atoms with van der Waals surface area (Å²) < 4.78 is 0. The lowest BCUT2D eigenvalue weighted by Crippen LogP contribution is -2.43. The van der Waals surface area contributed by atoms with E-state index in [1.165, 1.54) is 0 Å². The topological polar surface area (TPSA) is 123 Å². The summed E-state index contributed by atoms with van der Waals surface area (Å²) in [7, 11) is 0. The van der Waals surface area contributed by atoms with E-state index in [0.717, 1.165) is 5.39 Å². The predicted octanol–water partition coefficient (Wildman–Crippen LogP) is 3.34. The molecule has 0 aliphatic carbocycles. The number of carbonyl (C=O) groups excluding carboxylic acids is 1. The van der Waals surface area contributed by atoms with Crippen LogP contribution in [0.5, 0.6) is 0 Å². The fraction of sp³-hybridized carbons (Fsp3) is 0.261. The van der Waals surface area contributed by atoms with E-state index in [2.05, 4.69) is 10.3 Å². The molecule has 160 valence electrons. The number of carbonyl (C=O) groups is 3. The van der Waals surface area contributed by atoms with E-state index in [-0.39, 0.29) is 12.5 Å². The molecule has 0 spiro atoms. The van der Waals surface area contributed by atoms with E-state index in [4.69, 9.17) is 0 Å². The molecule has 1 aromatic heterocycles. The van der Waals surface area contributed by atoms with Crippen LogP contribution in [0.4, 0.5) is 5.69 Å². The second-order valence-corrected chi connectivity index (χ2v) is 7.74. The maximum absolute atomic E-state index is 12.4. The number of aromatic nitrogens is 1. The molecule has 0 radical (unpaired) electrons. The summed E-state index contributed by atoms with van der Waals surface area (Å²) >= 11 is 0. The number of hydrogen-bond donors (Lipinski definition) is 4. The van der Waals surface area contributed by atoms with Crippen LogP contribution in [0.2, 0.25) is 0 Å². The molecule has 0 bridgehead atoms. The van der Waals surface area contributed by atoms with E-state index in [9.17, 15) is 24.6 Å². The first-order valence-electron chi connectivity index (χ1n) is 10.1. The Bertz CT molecular complexity index is 1120. The molecule has 0 unspecified atom stereocenters. The number of aliphatic carboxylic acids is 2. The molecule has 1 amide bonds. The van der Waals surface area contributed by atoms with Gasteiger partial charge in [0.25, 0.3) is 5.91 Å². The molecular formula is C23H23N3O5. The summed E-state index contributed by atoms with van der Waals surface area (Å²) in [6.45, 7) is 0.725. The van der Waals surface area contributed by atoms with Gasteiger partial charge in [0, 0.05) is 40.5 Å². The maximum atomic E-state index is 12.4. The zero-order valence-electron chi connectivity index (χ0n) is 16.7. The van der Waals surface area contributed by atoms with Gasteiger partial charge in [-0.05, 0) is 43.7 Å². The van der Waals surface area contributed by atoms with Gasteiger partial charge in [-0.1, -0.05) is 24.3 Å². The van der Waals surface area contributed by atoms with Gasteiger partial charge >= 0.3 is 11.9 Å². The van der Waals surface area contributed by atoms with E-state index < -0.39 is 23.9 Å². The number of benzene rings is 2. The Morgan fingerprint density at radius 1 is 1.10 bits per heavy atom. The van der Waals surface area contributed by atoms with Crippen molar-refractivity contribution in [3.8, 4) is 0 Å². The average Bonchev–Trinajstić information content (AvgIpc) is 3.17. The largest absolute Gasteiger partial charge is 0.481 e. The van der Waals surface area contributed by atoms with Gasteiger partial charge in [0.05, 0.1) is 5.92 Å². The second-order valence-electron chi connectivity index (χ2n) is 7.74. The summed E-state index contributed by atoms with van der Waals surface area (Å²) in [5.74, 6) is -2.72. The molecule has 31 heavy (non-hydrogen) atoms. The van der Waals surface area contributed by atoms with Crippen molar-refractivity contribution in [2.45, 2.75) is 18.9 Å². The van der Waals surface area contributed by atoms with Crippen molar-refractivity contribution in [2.24, 2.45) is 5.92 Å². The SMILES string of the molecule is O=C(Nc1ccc2c([C@@H](C(=O)O)N3CCC[C@@H](C(=O)O)C3)c[nH]c2c1)c1ccccc1. The highest BCUT2D eigenvalue weighted by Crippen LogP contribution is 2.33. The lowest BCUT2D eigenvalue weighted by atomic mass is 9.94. The third-order valence-electron chi connectivity index (χ3n) is 5.70. The Hall–Kier alpha value is -3.65. The van der Waals surface area contributed by atoms with Gasteiger partial charge in [-0.2, -0.15) is 0 Å². The third kappa shape index (κ3) is 4.29. The fourth-order valence-corrected chi connectivity index (χ4v) is 4.17. The van der Waals surface area contributed by atoms with Gasteiger partial charge < -0.3 is 20.5 Å². The molecule has 8 nitrogen and oxygen atoms in total. The maximum Gasteiger partial charge on any atom is 0.325 e. The Morgan fingerprint density at radius 3 is 2.58 bits per heavy atom. The number of aromatic amines is 1. The van der Waals surface area contributed by atoms with Crippen LogP contribution >= 0.6 is 0 Å². The van der Waals surface area contributed by atoms with Crippen LogP contribution in [0, 0.1) is 5.92 Å². The monoisotopic (exact) mass is 421 g/mol. The number of nitrogens with one attached hydrogen (secondary N) is 2. The number of H-pyrrole nitrogens is 1. The first-order valence-corrected chi connectivity index (χ1v) is 10.1. The molecule has 2 aromatic carbocycles. The Labute approximate surface area is 178 Å². The van der Waals surface area contributed by atoms with Crippen LogP contribution < -0.4 is 5.32 Å². The van der Waals surface area contributed by atoms with Crippen molar-refractivity contribution in [2.75, 3.05) is 18.4 Å². The van der Waals surface area contributed by atoms with Crippen LogP contribution in [0.1, 0.15) is 34.8 Å². The fourth-order valence-electron chi connectivity index (χ4n) is 4.17. The minimum atomic E-state index is -1.02. The third-order valence-corrected chi connectivity index (χ3v) is 5.70. The lowest BCUT2D eigenvalue weighted by molar-refractivity contribution is -0.149. The van der Waals surface area contributed by atoms with Crippen LogP contribution in [0.3, 0.4) is 0 Å². The number of fused-ring (bicyclic) bond motifs is 1. The smallest absolute Gasteiger partial charge is 0.325 e. The summed E-state index contributed by atoms with van der Waals surface area (Å²) in [5.41, 5.74) is 2.40. The zero-order chi connectivity index (χ0) is 22.0. The minimum Gasteiger partial charge on any atom is -0.481 e. The second kappa shape index (κ2) is 8.61. The number of amides is 1. The Balaban J connectivity index is 1.59. The number of hydrogen-bond acceptors (Lipinski definition) is 4. The minimum absolute atomic E-state index is 0.199. The predicted molar refractivity (Wildman–Crippen MR) is 115 cm³/mol. The summed E-state index contributed by atoms with van der Waals surface area (Å²) in [4.78, 5) is 40.7. The van der Waals surface area contributed by atoms with E-state index in [1.54, 1.807) is 53.6 Å². The molecule has 2 atom stereocenters. The lowest BCUT2D eigenvalue weighted by Gasteiger charge is -2.34. The Kier molecular flexibility index (Phi) is 5.73. The van der Waals surface area contributed by atoms with E-state index in [1.807, 2.05) is 6.07 Å². The molecule has 2 heterocycles. The molecule has 4 rings (SSSR count). The molecule has 0 saturated carbocycles. The van der Waals surface area contributed by atoms with Gasteiger partial charge in [0.1, 0.15) is 6.04 Å². The van der Waals surface area contributed by atoms with Crippen molar-refractivity contribution in [1.29, 1.82) is 0 Å². The van der Waals surface area contributed by atoms with Crippen LogP contribution in [-0.4, -0.2) is 51.0 Å². The number of nitrogens with zero attached hydrogens (tertiary/aromatic N) is 1. The quantitative estimate of drug-likeness (QED) is 0.484. The standard InChI is InChI=1S/C23H23N3O5/c27-21(14-5-2-1-3-6-14)25-16-8-9-17-18(12-24-19(17)11-16)20(23(30)31)26-10-4-7-15(13-26)22(28)29/h1-3,5-6,8-9,11-12,15,20,24H,4,7,10,13H2,(H,25,27)(H,28,29)(H,30,31)/t15-,20+/m1/s1. The van der Waals surface area contributed by atoms with Crippen LogP contribution in [0.25, 0.3) is 10.9 Å². The number of anilines is 1. The molecule has 4 N–H and O–H groups in total. The molecule has 1 aliphatic heterocycles.